The maximum atomic E-state index is 13.0. The normalized spacial score (nSPS) is 24.8. The first-order valence-corrected chi connectivity index (χ1v) is 14.0. The number of carbonyl (C=O) groups is 5. The largest absolute Gasteiger partial charge is 0.463 e. The van der Waals surface area contributed by atoms with Gasteiger partial charge in [-0.3, -0.25) is 28.9 Å². The van der Waals surface area contributed by atoms with Crippen molar-refractivity contribution in [3.63, 3.8) is 0 Å². The molecule has 3 rings (SSSR count). The predicted octanol–water partition coefficient (Wildman–Crippen LogP) is 3.16. The molecule has 4 atom stereocenters. The van der Waals surface area contributed by atoms with Crippen LogP contribution in [0, 0.1) is 17.3 Å². The van der Waals surface area contributed by atoms with Crippen molar-refractivity contribution in [2.24, 2.45) is 17.3 Å². The van der Waals surface area contributed by atoms with Gasteiger partial charge in [0.15, 0.2) is 0 Å². The van der Waals surface area contributed by atoms with Gasteiger partial charge in [-0.05, 0) is 47.5 Å². The van der Waals surface area contributed by atoms with Crippen LogP contribution in [-0.4, -0.2) is 81.8 Å². The summed E-state index contributed by atoms with van der Waals surface area (Å²) in [4.78, 5) is 64.1. The van der Waals surface area contributed by atoms with Crippen molar-refractivity contribution in [1.82, 2.24) is 4.90 Å². The van der Waals surface area contributed by atoms with Crippen LogP contribution in [0.5, 0.6) is 0 Å². The molecular weight excluding hydrogens is 618 g/mol. The second-order valence-electron chi connectivity index (χ2n) is 10.5. The van der Waals surface area contributed by atoms with Crippen LogP contribution < -0.4 is 0 Å². The number of ether oxygens (including phenoxy) is 4. The number of halogens is 2. The van der Waals surface area contributed by atoms with Crippen LogP contribution in [0.25, 0.3) is 0 Å². The van der Waals surface area contributed by atoms with Gasteiger partial charge in [0.1, 0.15) is 33.9 Å². The van der Waals surface area contributed by atoms with Crippen molar-refractivity contribution in [2.45, 2.75) is 82.2 Å². The van der Waals surface area contributed by atoms with E-state index in [9.17, 15) is 24.0 Å². The topological polar surface area (TPSA) is 126 Å². The van der Waals surface area contributed by atoms with Gasteiger partial charge in [0.2, 0.25) is 11.8 Å². The number of amides is 2. The molecule has 3 saturated heterocycles. The fraction of sp³-hybridized carbons (Fsp3) is 0.800. The van der Waals surface area contributed by atoms with Gasteiger partial charge in [-0.1, -0.05) is 45.7 Å². The number of esters is 3. The van der Waals surface area contributed by atoms with Crippen LogP contribution in [0.1, 0.15) is 61.3 Å². The minimum atomic E-state index is -1.51. The predicted molar refractivity (Wildman–Crippen MR) is 140 cm³/mol. The van der Waals surface area contributed by atoms with E-state index in [-0.39, 0.29) is 37.2 Å². The Morgan fingerprint density at radius 2 is 1.22 bits per heavy atom. The first kappa shape index (κ1) is 31.7. The standard InChI is InChI=1S/C23H31Br2NO9.C2H6/c1-21(2,24)18(29)33-10-23(5,11-34-19(30)22(3,4)25)20(31)32-9-8-26-16(27)14-12-6-7-13(35-12)15(14)17(26)28;1-2/h12-15H,6-11H2,1-5H3;1-2H3/t12?,13?,14-,15+;. The summed E-state index contributed by atoms with van der Waals surface area (Å²) in [6.45, 7) is 10.7. The summed E-state index contributed by atoms with van der Waals surface area (Å²) in [6, 6.07) is 0. The third-order valence-electron chi connectivity index (χ3n) is 6.43. The number of hydrogen-bond acceptors (Lipinski definition) is 9. The second-order valence-corrected chi connectivity index (χ2v) is 14.4. The van der Waals surface area contributed by atoms with Gasteiger partial charge in [0.25, 0.3) is 0 Å². The molecule has 0 saturated carbocycles. The molecule has 0 aromatic carbocycles. The fourth-order valence-corrected chi connectivity index (χ4v) is 4.58. The first-order chi connectivity index (χ1) is 17.1. The van der Waals surface area contributed by atoms with Gasteiger partial charge in [-0.2, -0.15) is 0 Å². The molecule has 0 spiro atoms. The molecule has 37 heavy (non-hydrogen) atoms. The molecule has 0 N–H and O–H groups in total. The Labute approximate surface area is 234 Å². The van der Waals surface area contributed by atoms with Crippen LogP contribution in [0.3, 0.4) is 0 Å². The van der Waals surface area contributed by atoms with Gasteiger partial charge in [0.05, 0.1) is 30.6 Å². The van der Waals surface area contributed by atoms with Crippen LogP contribution >= 0.6 is 31.9 Å². The smallest absolute Gasteiger partial charge is 0.322 e. The summed E-state index contributed by atoms with van der Waals surface area (Å²) in [5.41, 5.74) is -1.51. The minimum Gasteiger partial charge on any atom is -0.463 e. The van der Waals surface area contributed by atoms with Gasteiger partial charge in [-0.15, -0.1) is 0 Å². The molecule has 2 unspecified atom stereocenters. The zero-order valence-corrected chi connectivity index (χ0v) is 25.6. The summed E-state index contributed by atoms with van der Waals surface area (Å²) in [6.07, 6.45) is 1.08. The molecule has 3 heterocycles. The molecule has 3 aliphatic rings. The SMILES string of the molecule is CC.CC(C)(Br)C(=O)OCC(C)(COC(=O)C(C)(C)Br)C(=O)OCCN1C(=O)[C@@H]2C3CCC(O3)[C@@H]2C1=O. The number of hydrogen-bond donors (Lipinski definition) is 0. The van der Waals surface area contributed by atoms with Gasteiger partial charge >= 0.3 is 17.9 Å². The van der Waals surface area contributed by atoms with Gasteiger partial charge < -0.3 is 18.9 Å². The van der Waals surface area contributed by atoms with E-state index in [1.165, 1.54) is 6.92 Å². The quantitative estimate of drug-likeness (QED) is 0.151. The Hall–Kier alpha value is -1.53. The van der Waals surface area contributed by atoms with Crippen molar-refractivity contribution in [2.75, 3.05) is 26.4 Å². The molecule has 0 radical (unpaired) electrons. The third-order valence-corrected chi connectivity index (χ3v) is 7.08. The molecule has 0 aromatic rings. The highest BCUT2D eigenvalue weighted by Crippen LogP contribution is 2.48. The molecule has 2 amide bonds. The highest BCUT2D eigenvalue weighted by Gasteiger charge is 2.62. The maximum Gasteiger partial charge on any atom is 0.322 e. The van der Waals surface area contributed by atoms with Crippen molar-refractivity contribution in [1.29, 1.82) is 0 Å². The summed E-state index contributed by atoms with van der Waals surface area (Å²) in [5, 5.41) is 0. The van der Waals surface area contributed by atoms with E-state index in [0.717, 1.165) is 17.7 Å². The van der Waals surface area contributed by atoms with E-state index in [4.69, 9.17) is 18.9 Å². The lowest BCUT2D eigenvalue weighted by Crippen LogP contribution is -2.44. The summed E-state index contributed by atoms with van der Waals surface area (Å²) < 4.78 is 19.7. The highest BCUT2D eigenvalue weighted by atomic mass is 79.9. The molecule has 2 bridgehead atoms. The molecular formula is C25H37Br2NO9. The Kier molecular flexibility index (Phi) is 10.4. The lowest BCUT2D eigenvalue weighted by atomic mass is 9.81. The number of rotatable bonds is 10. The average Bonchev–Trinajstić information content (AvgIpc) is 3.50. The maximum absolute atomic E-state index is 13.0. The van der Waals surface area contributed by atoms with Crippen molar-refractivity contribution >= 4 is 61.6 Å². The monoisotopic (exact) mass is 653 g/mol. The van der Waals surface area contributed by atoms with E-state index in [1.807, 2.05) is 13.8 Å². The lowest BCUT2D eigenvalue weighted by Gasteiger charge is -2.29. The van der Waals surface area contributed by atoms with E-state index in [1.54, 1.807) is 27.7 Å². The number of carbonyl (C=O) groups excluding carboxylic acids is 5. The summed E-state index contributed by atoms with van der Waals surface area (Å²) in [5.74, 6) is -3.52. The minimum absolute atomic E-state index is 0.0889. The zero-order chi connectivity index (χ0) is 28.3. The van der Waals surface area contributed by atoms with E-state index < -0.39 is 57.0 Å². The first-order valence-electron chi connectivity index (χ1n) is 12.5. The molecule has 210 valence electrons. The second kappa shape index (κ2) is 12.1. The fourth-order valence-electron chi connectivity index (χ4n) is 4.35. The molecule has 3 fully saturated rings. The van der Waals surface area contributed by atoms with Crippen molar-refractivity contribution in [3.05, 3.63) is 0 Å². The van der Waals surface area contributed by atoms with Crippen molar-refractivity contribution in [3.8, 4) is 0 Å². The Morgan fingerprint density at radius 1 is 0.811 bits per heavy atom. The van der Waals surface area contributed by atoms with Crippen LogP contribution in [-0.2, 0) is 42.9 Å². The molecule has 10 nitrogen and oxygen atoms in total. The summed E-state index contributed by atoms with van der Waals surface area (Å²) >= 11 is 6.40. The Morgan fingerprint density at radius 3 is 1.59 bits per heavy atom. The Balaban J connectivity index is 0.00000235. The summed E-state index contributed by atoms with van der Waals surface area (Å²) in [7, 11) is 0. The van der Waals surface area contributed by atoms with E-state index in [2.05, 4.69) is 31.9 Å². The number of nitrogens with zero attached hydrogens (tertiary/aromatic N) is 1. The zero-order valence-electron chi connectivity index (χ0n) is 22.4. The number of imide groups is 1. The third kappa shape index (κ3) is 7.11. The number of alkyl halides is 2. The van der Waals surface area contributed by atoms with Crippen molar-refractivity contribution < 1.29 is 42.9 Å². The number of fused-ring (bicyclic) bond motifs is 5. The van der Waals surface area contributed by atoms with Crippen LogP contribution in [0.15, 0.2) is 0 Å². The Bertz CT molecular complexity index is 851. The van der Waals surface area contributed by atoms with E-state index >= 15 is 0 Å². The molecule has 12 heteroatoms. The number of likely N-dealkylation sites (tertiary alicyclic amines) is 1. The van der Waals surface area contributed by atoms with Crippen LogP contribution in [0.2, 0.25) is 0 Å². The van der Waals surface area contributed by atoms with Gasteiger partial charge in [-0.25, -0.2) is 0 Å². The van der Waals surface area contributed by atoms with Crippen LogP contribution in [0.4, 0.5) is 0 Å². The highest BCUT2D eigenvalue weighted by molar-refractivity contribution is 9.10. The lowest BCUT2D eigenvalue weighted by molar-refractivity contribution is -0.172. The van der Waals surface area contributed by atoms with Gasteiger partial charge in [0, 0.05) is 0 Å². The molecule has 3 aliphatic heterocycles. The average molecular weight is 655 g/mol. The molecule has 0 aromatic heterocycles. The van der Waals surface area contributed by atoms with E-state index in [0.29, 0.717) is 0 Å². The molecule has 0 aliphatic carbocycles.